The second kappa shape index (κ2) is 10.8. The van der Waals surface area contributed by atoms with Crippen molar-refractivity contribution in [2.45, 2.75) is 83.1 Å². The summed E-state index contributed by atoms with van der Waals surface area (Å²) >= 11 is 0. The SMILES string of the molecule is O=C(C[C@]1(CC2CCCC2)CCN([C@@H](C(=O)Nc2ccc(F)cc2)C2CCCCC2)C1=O)NO. The Kier molecular flexibility index (Phi) is 7.86. The Morgan fingerprint density at radius 1 is 1.06 bits per heavy atom. The maximum Gasteiger partial charge on any atom is 0.247 e. The average molecular weight is 474 g/mol. The molecule has 34 heavy (non-hydrogen) atoms. The van der Waals surface area contributed by atoms with Crippen LogP contribution in [0.3, 0.4) is 0 Å². The predicted octanol–water partition coefficient (Wildman–Crippen LogP) is 4.41. The van der Waals surface area contributed by atoms with E-state index in [1.807, 2.05) is 0 Å². The lowest BCUT2D eigenvalue weighted by molar-refractivity contribution is -0.147. The summed E-state index contributed by atoms with van der Waals surface area (Å²) < 4.78 is 13.3. The zero-order chi connectivity index (χ0) is 24.1. The van der Waals surface area contributed by atoms with Crippen molar-refractivity contribution in [1.82, 2.24) is 10.4 Å². The molecule has 3 N–H and O–H groups in total. The van der Waals surface area contributed by atoms with Crippen molar-refractivity contribution in [1.29, 1.82) is 0 Å². The highest BCUT2D eigenvalue weighted by Crippen LogP contribution is 2.46. The molecule has 4 rings (SSSR count). The molecule has 3 amide bonds. The molecule has 1 saturated heterocycles. The first-order chi connectivity index (χ1) is 16.4. The molecule has 0 bridgehead atoms. The third-order valence-electron chi connectivity index (χ3n) is 8.14. The standard InChI is InChI=1S/C26H36FN3O4/c27-20-10-12-21(13-11-20)28-24(32)23(19-8-2-1-3-9-19)30-15-14-26(25(30)33,17-22(31)29-34)16-18-6-4-5-7-18/h10-13,18-19,23,34H,1-9,14-17H2,(H,28,32)(H,29,31)/t23-,26-/m1/s1. The number of carbonyl (C=O) groups is 3. The molecule has 1 aromatic rings. The Bertz CT molecular complexity index is 881. The third-order valence-corrected chi connectivity index (χ3v) is 8.14. The smallest absolute Gasteiger partial charge is 0.247 e. The van der Waals surface area contributed by atoms with Crippen LogP contribution >= 0.6 is 0 Å². The van der Waals surface area contributed by atoms with E-state index in [1.54, 1.807) is 10.4 Å². The van der Waals surface area contributed by atoms with Gasteiger partial charge in [0.15, 0.2) is 0 Å². The van der Waals surface area contributed by atoms with E-state index in [1.165, 1.54) is 24.3 Å². The van der Waals surface area contributed by atoms with Gasteiger partial charge in [-0.1, -0.05) is 44.9 Å². The van der Waals surface area contributed by atoms with Gasteiger partial charge in [0, 0.05) is 18.7 Å². The molecule has 2 saturated carbocycles. The van der Waals surface area contributed by atoms with E-state index < -0.39 is 17.4 Å². The number of anilines is 1. The number of nitrogens with one attached hydrogen (secondary N) is 2. The lowest BCUT2D eigenvalue weighted by atomic mass is 9.74. The summed E-state index contributed by atoms with van der Waals surface area (Å²) in [5.74, 6) is -0.903. The molecule has 186 valence electrons. The molecule has 0 spiro atoms. The highest BCUT2D eigenvalue weighted by molar-refractivity contribution is 5.99. The van der Waals surface area contributed by atoms with Gasteiger partial charge in [-0.25, -0.2) is 9.87 Å². The summed E-state index contributed by atoms with van der Waals surface area (Å²) in [7, 11) is 0. The van der Waals surface area contributed by atoms with Crippen LogP contribution in [0.25, 0.3) is 0 Å². The number of likely N-dealkylation sites (tertiary alicyclic amines) is 1. The molecule has 1 aromatic carbocycles. The van der Waals surface area contributed by atoms with Gasteiger partial charge >= 0.3 is 0 Å². The molecule has 7 nitrogen and oxygen atoms in total. The molecular weight excluding hydrogens is 437 g/mol. The van der Waals surface area contributed by atoms with Crippen LogP contribution in [0.1, 0.15) is 77.0 Å². The molecule has 2 aliphatic carbocycles. The van der Waals surface area contributed by atoms with Crippen molar-refractivity contribution in [3.05, 3.63) is 30.1 Å². The predicted molar refractivity (Wildman–Crippen MR) is 125 cm³/mol. The van der Waals surface area contributed by atoms with Crippen LogP contribution < -0.4 is 10.8 Å². The van der Waals surface area contributed by atoms with Gasteiger partial charge in [0.1, 0.15) is 11.9 Å². The molecular formula is C26H36FN3O4. The number of hydroxylamine groups is 1. The summed E-state index contributed by atoms with van der Waals surface area (Å²) in [5, 5.41) is 12.1. The van der Waals surface area contributed by atoms with Crippen molar-refractivity contribution in [3.63, 3.8) is 0 Å². The van der Waals surface area contributed by atoms with E-state index in [2.05, 4.69) is 5.32 Å². The second-order valence-electron chi connectivity index (χ2n) is 10.4. The summed E-state index contributed by atoms with van der Waals surface area (Å²) in [5.41, 5.74) is 1.32. The van der Waals surface area contributed by atoms with Crippen LogP contribution in [0.5, 0.6) is 0 Å². The quantitative estimate of drug-likeness (QED) is 0.385. The fourth-order valence-corrected chi connectivity index (χ4v) is 6.46. The number of halogens is 1. The number of rotatable bonds is 8. The van der Waals surface area contributed by atoms with Gasteiger partial charge in [-0.3, -0.25) is 19.6 Å². The minimum absolute atomic E-state index is 0.0482. The van der Waals surface area contributed by atoms with Gasteiger partial charge in [-0.05, 0) is 61.8 Å². The van der Waals surface area contributed by atoms with Crippen molar-refractivity contribution in [2.75, 3.05) is 11.9 Å². The third kappa shape index (κ3) is 5.43. The molecule has 2 atom stereocenters. The largest absolute Gasteiger partial charge is 0.330 e. The molecule has 3 aliphatic rings. The average Bonchev–Trinajstić information content (AvgIpc) is 3.45. The molecule has 0 unspecified atom stereocenters. The van der Waals surface area contributed by atoms with Crippen LogP contribution in [0.4, 0.5) is 10.1 Å². The van der Waals surface area contributed by atoms with E-state index in [4.69, 9.17) is 0 Å². The number of benzene rings is 1. The Balaban J connectivity index is 1.59. The fourth-order valence-electron chi connectivity index (χ4n) is 6.46. The van der Waals surface area contributed by atoms with Crippen molar-refractivity contribution in [3.8, 4) is 0 Å². The van der Waals surface area contributed by atoms with Crippen LogP contribution in [0.2, 0.25) is 0 Å². The fraction of sp³-hybridized carbons (Fsp3) is 0.654. The maximum absolute atomic E-state index is 14.0. The van der Waals surface area contributed by atoms with Gasteiger partial charge in [0.2, 0.25) is 17.7 Å². The first-order valence-corrected chi connectivity index (χ1v) is 12.7. The van der Waals surface area contributed by atoms with Gasteiger partial charge in [0.05, 0.1) is 5.41 Å². The highest BCUT2D eigenvalue weighted by Gasteiger charge is 2.53. The van der Waals surface area contributed by atoms with E-state index in [-0.39, 0.29) is 30.0 Å². The van der Waals surface area contributed by atoms with Crippen LogP contribution in [0, 0.1) is 23.1 Å². The molecule has 1 aliphatic heterocycles. The normalized spacial score (nSPS) is 24.9. The van der Waals surface area contributed by atoms with Gasteiger partial charge < -0.3 is 10.2 Å². The first kappa shape index (κ1) is 24.6. The highest BCUT2D eigenvalue weighted by atomic mass is 19.1. The number of hydrogen-bond acceptors (Lipinski definition) is 4. The summed E-state index contributed by atoms with van der Waals surface area (Å²) in [6.45, 7) is 0.419. The number of hydrogen-bond donors (Lipinski definition) is 3. The minimum atomic E-state index is -0.884. The van der Waals surface area contributed by atoms with Gasteiger partial charge in [0.25, 0.3) is 0 Å². The maximum atomic E-state index is 14.0. The van der Waals surface area contributed by atoms with Crippen molar-refractivity contribution in [2.24, 2.45) is 17.3 Å². The van der Waals surface area contributed by atoms with Crippen molar-refractivity contribution < 1.29 is 24.0 Å². The Labute approximate surface area is 200 Å². The van der Waals surface area contributed by atoms with E-state index in [0.717, 1.165) is 57.8 Å². The summed E-state index contributed by atoms with van der Waals surface area (Å²) in [4.78, 5) is 41.5. The Hall–Kier alpha value is -2.48. The molecule has 1 heterocycles. The zero-order valence-corrected chi connectivity index (χ0v) is 19.7. The van der Waals surface area contributed by atoms with Gasteiger partial charge in [-0.15, -0.1) is 0 Å². The van der Waals surface area contributed by atoms with Crippen LogP contribution in [-0.2, 0) is 14.4 Å². The lowest BCUT2D eigenvalue weighted by Crippen LogP contribution is -2.52. The second-order valence-corrected chi connectivity index (χ2v) is 10.4. The molecule has 3 fully saturated rings. The zero-order valence-electron chi connectivity index (χ0n) is 19.7. The lowest BCUT2D eigenvalue weighted by Gasteiger charge is -2.37. The minimum Gasteiger partial charge on any atom is -0.330 e. The van der Waals surface area contributed by atoms with Gasteiger partial charge in [-0.2, -0.15) is 0 Å². The Morgan fingerprint density at radius 2 is 1.71 bits per heavy atom. The number of carbonyl (C=O) groups excluding carboxylic acids is 3. The Morgan fingerprint density at radius 3 is 2.35 bits per heavy atom. The van der Waals surface area contributed by atoms with Crippen molar-refractivity contribution >= 4 is 23.4 Å². The molecule has 0 aromatic heterocycles. The summed E-state index contributed by atoms with van der Waals surface area (Å²) in [6, 6.07) is 5.01. The van der Waals surface area contributed by atoms with E-state index in [0.29, 0.717) is 31.0 Å². The topological polar surface area (TPSA) is 98.7 Å². The molecule has 0 radical (unpaired) electrons. The summed E-state index contributed by atoms with van der Waals surface area (Å²) in [6.07, 6.45) is 10.3. The number of amides is 3. The molecule has 8 heteroatoms. The van der Waals surface area contributed by atoms with Crippen LogP contribution in [0.15, 0.2) is 24.3 Å². The first-order valence-electron chi connectivity index (χ1n) is 12.7. The number of nitrogens with zero attached hydrogens (tertiary/aromatic N) is 1. The van der Waals surface area contributed by atoms with Crippen LogP contribution in [-0.4, -0.2) is 40.4 Å². The van der Waals surface area contributed by atoms with E-state index in [9.17, 15) is 24.0 Å². The van der Waals surface area contributed by atoms with E-state index >= 15 is 0 Å². The monoisotopic (exact) mass is 473 g/mol.